The number of nitrogens with one attached hydrogen (secondary N) is 1. The van der Waals surface area contributed by atoms with Gasteiger partial charge in [0.15, 0.2) is 5.82 Å². The van der Waals surface area contributed by atoms with Crippen LogP contribution in [0.2, 0.25) is 0 Å². The summed E-state index contributed by atoms with van der Waals surface area (Å²) in [6.45, 7) is 10.6. The molecular weight excluding hydrogens is 619 g/mol. The fourth-order valence-corrected chi connectivity index (χ4v) is 3.15. The number of aromatic nitrogens is 3. The van der Waals surface area contributed by atoms with Crippen molar-refractivity contribution in [2.24, 2.45) is 0 Å². The first kappa shape index (κ1) is 27.3. The Balaban J connectivity index is 0.00000113. The van der Waals surface area contributed by atoms with E-state index in [0.717, 1.165) is 22.2 Å². The summed E-state index contributed by atoms with van der Waals surface area (Å²) in [6.07, 6.45) is 0.0830. The van der Waals surface area contributed by atoms with Gasteiger partial charge in [0.25, 0.3) is 5.97 Å². The number of nitrogens with zero attached hydrogens (tertiary/aromatic N) is 3. The number of imidazole rings is 1. The first-order chi connectivity index (χ1) is 14.3. The smallest absolute Gasteiger partial charge is 0.275 e. The van der Waals surface area contributed by atoms with Crippen molar-refractivity contribution < 1.29 is 44.2 Å². The molecule has 0 spiro atoms. The number of rotatable bonds is 7. The Bertz CT molecular complexity index is 1000. The number of carbonyl (C=O) groups is 1. The molecular formula is C22H31N5NpO3-2. The van der Waals surface area contributed by atoms with E-state index in [2.05, 4.69) is 29.3 Å². The SMILES string of the molecule is [CH2-]CC(=O)OC(C)(C)Cn1c(COCC)nc2c(N)nc3ccccc3c21.[CH2-]NC.[Np]. The minimum Gasteiger partial charge on any atom is -0.475 e. The van der Waals surface area contributed by atoms with Crippen LogP contribution in [0.4, 0.5) is 5.82 Å². The van der Waals surface area contributed by atoms with Crippen molar-refractivity contribution in [3.8, 4) is 0 Å². The van der Waals surface area contributed by atoms with E-state index < -0.39 is 5.60 Å². The van der Waals surface area contributed by atoms with Crippen molar-refractivity contribution in [2.75, 3.05) is 19.4 Å². The molecule has 0 unspecified atom stereocenters. The summed E-state index contributed by atoms with van der Waals surface area (Å²) < 4.78 is 13.2. The van der Waals surface area contributed by atoms with Gasteiger partial charge in [-0.3, -0.25) is 11.8 Å². The molecule has 0 aliphatic heterocycles. The summed E-state index contributed by atoms with van der Waals surface area (Å²) in [7, 11) is 5.00. The zero-order valence-corrected chi connectivity index (χ0v) is 22.4. The van der Waals surface area contributed by atoms with Crippen LogP contribution < -0.4 is 11.1 Å². The van der Waals surface area contributed by atoms with Crippen LogP contribution in [0.15, 0.2) is 24.3 Å². The van der Waals surface area contributed by atoms with Gasteiger partial charge in [-0.15, -0.1) is 0 Å². The van der Waals surface area contributed by atoms with E-state index in [4.69, 9.17) is 15.2 Å². The zero-order chi connectivity index (χ0) is 22.3. The van der Waals surface area contributed by atoms with Gasteiger partial charge in [0.2, 0.25) is 0 Å². The van der Waals surface area contributed by atoms with Crippen molar-refractivity contribution in [1.29, 1.82) is 0 Å². The molecule has 0 atom stereocenters. The molecule has 0 aliphatic rings. The molecule has 0 bridgehead atoms. The first-order valence-electron chi connectivity index (χ1n) is 9.83. The molecule has 0 saturated carbocycles. The first-order valence-corrected chi connectivity index (χ1v) is 9.83. The number of nitrogen functional groups attached to an aromatic ring is 1. The molecule has 169 valence electrons. The maximum absolute atomic E-state index is 11.8. The normalized spacial score (nSPS) is 11.0. The van der Waals surface area contributed by atoms with Crippen molar-refractivity contribution in [3.63, 3.8) is 0 Å². The van der Waals surface area contributed by atoms with Gasteiger partial charge in [-0.25, -0.2) is 9.97 Å². The molecule has 8 nitrogen and oxygen atoms in total. The molecule has 1 radical (unpaired) electrons. The number of nitrogens with two attached hydrogens (primary N) is 1. The van der Waals surface area contributed by atoms with Gasteiger partial charge in [0.05, 0.1) is 17.6 Å². The Morgan fingerprint density at radius 2 is 1.94 bits per heavy atom. The molecule has 3 rings (SSSR count). The second-order valence-electron chi connectivity index (χ2n) is 7.30. The number of hydrogen-bond acceptors (Lipinski definition) is 7. The standard InChI is InChI=1S/C20H25N4O3.C2H6N.Np/c1-5-16(25)27-20(3,4)12-24-15(11-26-6-2)23-17-18(24)13-9-7-8-10-14(13)22-19(17)21;1-3-2;/h7-10H,1,5-6,11-12H2,2-4H3,(H2,21,22);3H,1H2,2H3;/q2*-1;. The number of ether oxygens (including phenoxy) is 2. The second kappa shape index (κ2) is 12.4. The van der Waals surface area contributed by atoms with Gasteiger partial charge >= 0.3 is 0 Å². The number of fused-ring (bicyclic) bond motifs is 3. The Labute approximate surface area is 206 Å². The molecule has 3 aromatic rings. The molecule has 0 amide bonds. The van der Waals surface area contributed by atoms with Gasteiger partial charge in [-0.2, -0.15) is 0 Å². The van der Waals surface area contributed by atoms with Gasteiger partial charge < -0.3 is 32.0 Å². The quantitative estimate of drug-likeness (QED) is 0.299. The topological polar surface area (TPSA) is 104 Å². The van der Waals surface area contributed by atoms with Gasteiger partial charge in [0, 0.05) is 41.9 Å². The van der Waals surface area contributed by atoms with Crippen LogP contribution in [-0.4, -0.2) is 39.8 Å². The Morgan fingerprint density at radius 3 is 2.55 bits per heavy atom. The molecule has 0 aliphatic carbocycles. The van der Waals surface area contributed by atoms with Crippen molar-refractivity contribution in [2.45, 2.75) is 45.9 Å². The molecule has 0 saturated heterocycles. The van der Waals surface area contributed by atoms with E-state index in [0.29, 0.717) is 31.1 Å². The van der Waals surface area contributed by atoms with Crippen LogP contribution in [-0.2, 0) is 27.4 Å². The molecule has 3 N–H and O–H groups in total. The summed E-state index contributed by atoms with van der Waals surface area (Å²) in [5.74, 6) is 0.741. The van der Waals surface area contributed by atoms with Crippen molar-refractivity contribution in [3.05, 3.63) is 44.1 Å². The second-order valence-corrected chi connectivity index (χ2v) is 7.30. The Hall–Kier alpha value is -1.70. The number of hydrogen-bond donors (Lipinski definition) is 2. The Kier molecular flexibility index (Phi) is 10.9. The largest absolute Gasteiger partial charge is 0.475 e. The summed E-state index contributed by atoms with van der Waals surface area (Å²) in [5.41, 5.74) is 7.72. The third kappa shape index (κ3) is 6.89. The number of esters is 1. The Morgan fingerprint density at radius 1 is 1.29 bits per heavy atom. The fraction of sp³-hybridized carbons (Fsp3) is 0.409. The van der Waals surface area contributed by atoms with E-state index in [1.54, 1.807) is 7.05 Å². The van der Waals surface area contributed by atoms with E-state index in [9.17, 15) is 4.79 Å². The van der Waals surface area contributed by atoms with Crippen LogP contribution >= 0.6 is 0 Å². The third-order valence-corrected chi connectivity index (χ3v) is 4.26. The van der Waals surface area contributed by atoms with Crippen LogP contribution in [0.25, 0.3) is 21.9 Å². The minimum atomic E-state index is -0.748. The number of para-hydroxylation sites is 1. The molecule has 0 fully saturated rings. The van der Waals surface area contributed by atoms with Gasteiger partial charge in [-0.05, 0) is 33.9 Å². The summed E-state index contributed by atoms with van der Waals surface area (Å²) in [6, 6.07) is 7.77. The number of anilines is 1. The number of pyridine rings is 1. The third-order valence-electron chi connectivity index (χ3n) is 4.26. The fourth-order valence-electron chi connectivity index (χ4n) is 3.15. The minimum absolute atomic E-state index is 0. The average molecular weight is 651 g/mol. The molecule has 31 heavy (non-hydrogen) atoms. The summed E-state index contributed by atoms with van der Waals surface area (Å²) in [4.78, 5) is 20.9. The molecule has 1 aromatic carbocycles. The molecule has 2 heterocycles. The predicted octanol–water partition coefficient (Wildman–Crippen LogP) is 3.25. The van der Waals surface area contributed by atoms with E-state index in [1.807, 2.05) is 49.6 Å². The van der Waals surface area contributed by atoms with Gasteiger partial charge in [0.1, 0.15) is 23.5 Å². The van der Waals surface area contributed by atoms with Gasteiger partial charge in [-0.1, -0.05) is 24.6 Å². The maximum Gasteiger partial charge on any atom is 0.275 e. The van der Waals surface area contributed by atoms with E-state index >= 15 is 0 Å². The maximum atomic E-state index is 11.8. The molecule has 9 heteroatoms. The summed E-state index contributed by atoms with van der Waals surface area (Å²) in [5, 5.41) is 3.44. The zero-order valence-electron chi connectivity index (χ0n) is 18.6. The summed E-state index contributed by atoms with van der Waals surface area (Å²) >= 11 is 0. The van der Waals surface area contributed by atoms with E-state index in [-0.39, 0.29) is 42.3 Å². The predicted molar refractivity (Wildman–Crippen MR) is 119 cm³/mol. The monoisotopic (exact) mass is 649 g/mol. The van der Waals surface area contributed by atoms with Crippen molar-refractivity contribution in [1.82, 2.24) is 19.9 Å². The van der Waals surface area contributed by atoms with Crippen LogP contribution in [0.1, 0.15) is 33.0 Å². The van der Waals surface area contributed by atoms with Crippen LogP contribution in [0, 0.1) is 43.9 Å². The van der Waals surface area contributed by atoms with Crippen molar-refractivity contribution >= 4 is 33.7 Å². The average Bonchev–Trinajstić information content (AvgIpc) is 3.05. The molecule has 2 aromatic heterocycles. The number of benzene rings is 1. The van der Waals surface area contributed by atoms with E-state index in [1.165, 1.54) is 0 Å². The van der Waals surface area contributed by atoms with Crippen LogP contribution in [0.5, 0.6) is 0 Å². The van der Waals surface area contributed by atoms with Crippen LogP contribution in [0.3, 0.4) is 0 Å². The number of carbonyl (C=O) groups excluding carboxylic acids is 1.